The maximum absolute atomic E-state index is 11.7. The van der Waals surface area contributed by atoms with Crippen molar-refractivity contribution < 1.29 is 9.53 Å². The number of fused-ring (bicyclic) bond motifs is 1. The fourth-order valence-corrected chi connectivity index (χ4v) is 2.58. The summed E-state index contributed by atoms with van der Waals surface area (Å²) in [6.07, 6.45) is 0.507. The molecule has 0 saturated heterocycles. The molecule has 1 N–H and O–H groups in total. The molecule has 2 aromatic rings. The molecule has 0 aliphatic heterocycles. The van der Waals surface area contributed by atoms with Crippen molar-refractivity contribution in [1.29, 1.82) is 0 Å². The summed E-state index contributed by atoms with van der Waals surface area (Å²) in [5.74, 6) is 1.07. The molecule has 0 radical (unpaired) electrons. The molecule has 1 aromatic carbocycles. The number of para-hydroxylation sites is 1. The molecule has 1 amide bonds. The normalized spacial score (nSPS) is 10.9. The Morgan fingerprint density at radius 1 is 1.50 bits per heavy atom. The van der Waals surface area contributed by atoms with E-state index in [-0.39, 0.29) is 5.91 Å². The summed E-state index contributed by atoms with van der Waals surface area (Å²) >= 11 is 1.46. The number of thiazole rings is 1. The number of benzene rings is 1. The van der Waals surface area contributed by atoms with E-state index in [4.69, 9.17) is 4.74 Å². The van der Waals surface area contributed by atoms with Crippen molar-refractivity contribution in [3.05, 3.63) is 18.2 Å². The molecule has 0 spiro atoms. The minimum Gasteiger partial charge on any atom is -0.494 e. The molecule has 0 fully saturated rings. The van der Waals surface area contributed by atoms with Gasteiger partial charge < -0.3 is 10.1 Å². The zero-order valence-corrected chi connectivity index (χ0v) is 11.5. The van der Waals surface area contributed by atoms with Crippen LogP contribution in [-0.2, 0) is 4.79 Å². The summed E-state index contributed by atoms with van der Waals surface area (Å²) in [5, 5.41) is 3.45. The van der Waals surface area contributed by atoms with Gasteiger partial charge in [-0.25, -0.2) is 4.98 Å². The lowest BCUT2D eigenvalue weighted by Gasteiger charge is -2.03. The van der Waals surface area contributed by atoms with Gasteiger partial charge in [-0.2, -0.15) is 0 Å². The average molecular weight is 264 g/mol. The summed E-state index contributed by atoms with van der Waals surface area (Å²) in [4.78, 5) is 16.1. The lowest BCUT2D eigenvalue weighted by atomic mass is 10.1. The van der Waals surface area contributed by atoms with Crippen molar-refractivity contribution in [2.24, 2.45) is 5.92 Å². The van der Waals surface area contributed by atoms with Gasteiger partial charge in [0, 0.05) is 6.42 Å². The van der Waals surface area contributed by atoms with Crippen LogP contribution in [0.3, 0.4) is 0 Å². The predicted molar refractivity (Wildman–Crippen MR) is 74.3 cm³/mol. The molecule has 2 rings (SSSR count). The maximum atomic E-state index is 11.7. The van der Waals surface area contributed by atoms with Gasteiger partial charge in [-0.15, -0.1) is 0 Å². The van der Waals surface area contributed by atoms with Gasteiger partial charge in [0.05, 0.1) is 11.8 Å². The van der Waals surface area contributed by atoms with Crippen LogP contribution in [0.15, 0.2) is 18.2 Å². The van der Waals surface area contributed by atoms with Gasteiger partial charge in [0.15, 0.2) is 5.13 Å². The molecule has 0 atom stereocenters. The number of hydrogen-bond donors (Lipinski definition) is 1. The number of carbonyl (C=O) groups excluding carboxylic acids is 1. The minimum atomic E-state index is 0.00280. The number of amides is 1. The van der Waals surface area contributed by atoms with E-state index in [1.807, 2.05) is 32.0 Å². The monoisotopic (exact) mass is 264 g/mol. The van der Waals surface area contributed by atoms with Gasteiger partial charge in [-0.3, -0.25) is 4.79 Å². The number of nitrogens with zero attached hydrogens (tertiary/aromatic N) is 1. The fraction of sp³-hybridized carbons (Fsp3) is 0.385. The number of nitrogens with one attached hydrogen (secondary N) is 1. The van der Waals surface area contributed by atoms with Gasteiger partial charge in [0.2, 0.25) is 5.91 Å². The largest absolute Gasteiger partial charge is 0.494 e. The van der Waals surface area contributed by atoms with Crippen molar-refractivity contribution in [2.45, 2.75) is 20.3 Å². The second-order valence-electron chi connectivity index (χ2n) is 4.47. The molecule has 4 nitrogen and oxygen atoms in total. The molecule has 5 heteroatoms. The first-order valence-electron chi connectivity index (χ1n) is 5.83. The van der Waals surface area contributed by atoms with Crippen LogP contribution in [0.1, 0.15) is 20.3 Å². The smallest absolute Gasteiger partial charge is 0.226 e. The minimum absolute atomic E-state index is 0.00280. The number of carbonyl (C=O) groups is 1. The summed E-state index contributed by atoms with van der Waals surface area (Å²) in [7, 11) is 1.62. The summed E-state index contributed by atoms with van der Waals surface area (Å²) in [5.41, 5.74) is 0.796. The number of ether oxygens (including phenoxy) is 1. The topological polar surface area (TPSA) is 51.2 Å². The number of rotatable bonds is 4. The molecule has 0 aliphatic rings. The quantitative estimate of drug-likeness (QED) is 0.922. The second kappa shape index (κ2) is 5.35. The van der Waals surface area contributed by atoms with E-state index in [1.165, 1.54) is 11.3 Å². The van der Waals surface area contributed by atoms with E-state index in [1.54, 1.807) is 7.11 Å². The lowest BCUT2D eigenvalue weighted by Crippen LogP contribution is -2.13. The Balaban J connectivity index is 2.22. The molecule has 96 valence electrons. The molecule has 0 unspecified atom stereocenters. The molecule has 0 aliphatic carbocycles. The lowest BCUT2D eigenvalue weighted by molar-refractivity contribution is -0.116. The van der Waals surface area contributed by atoms with Crippen LogP contribution in [0, 0.1) is 5.92 Å². The highest BCUT2D eigenvalue weighted by Crippen LogP contribution is 2.32. The van der Waals surface area contributed by atoms with Crippen LogP contribution in [0.2, 0.25) is 0 Å². The Labute approximate surface area is 110 Å². The molecular weight excluding hydrogens is 248 g/mol. The van der Waals surface area contributed by atoms with E-state index in [0.29, 0.717) is 17.5 Å². The first-order chi connectivity index (χ1) is 8.60. The van der Waals surface area contributed by atoms with Crippen LogP contribution in [-0.4, -0.2) is 18.0 Å². The second-order valence-corrected chi connectivity index (χ2v) is 5.50. The average Bonchev–Trinajstić information content (AvgIpc) is 2.69. The van der Waals surface area contributed by atoms with Gasteiger partial charge in [-0.1, -0.05) is 31.3 Å². The van der Waals surface area contributed by atoms with Crippen molar-refractivity contribution in [3.8, 4) is 5.75 Å². The Morgan fingerprint density at radius 2 is 2.28 bits per heavy atom. The Bertz CT molecular complexity index is 563. The predicted octanol–water partition coefficient (Wildman–Crippen LogP) is 3.29. The van der Waals surface area contributed by atoms with Gasteiger partial charge in [0.1, 0.15) is 11.3 Å². The van der Waals surface area contributed by atoms with E-state index < -0.39 is 0 Å². The highest BCUT2D eigenvalue weighted by atomic mass is 32.1. The number of anilines is 1. The Kier molecular flexibility index (Phi) is 3.81. The maximum Gasteiger partial charge on any atom is 0.226 e. The number of methoxy groups -OCH3 is 1. The highest BCUT2D eigenvalue weighted by molar-refractivity contribution is 7.22. The van der Waals surface area contributed by atoms with E-state index >= 15 is 0 Å². The third kappa shape index (κ3) is 2.79. The highest BCUT2D eigenvalue weighted by Gasteiger charge is 2.11. The first-order valence-corrected chi connectivity index (χ1v) is 6.65. The fourth-order valence-electron chi connectivity index (χ4n) is 1.68. The Morgan fingerprint density at radius 3 is 2.94 bits per heavy atom. The summed E-state index contributed by atoms with van der Waals surface area (Å²) in [6, 6.07) is 5.74. The SMILES string of the molecule is COc1cccc2sc(NC(=O)CC(C)C)nc12. The van der Waals surface area contributed by atoms with Crippen molar-refractivity contribution in [2.75, 3.05) is 12.4 Å². The van der Waals surface area contributed by atoms with Crippen LogP contribution in [0.25, 0.3) is 10.2 Å². The molecule has 1 aromatic heterocycles. The molecule has 0 bridgehead atoms. The third-order valence-electron chi connectivity index (χ3n) is 2.44. The van der Waals surface area contributed by atoms with E-state index in [2.05, 4.69) is 10.3 Å². The van der Waals surface area contributed by atoms with E-state index in [9.17, 15) is 4.79 Å². The van der Waals surface area contributed by atoms with E-state index in [0.717, 1.165) is 16.0 Å². The van der Waals surface area contributed by atoms with Crippen LogP contribution < -0.4 is 10.1 Å². The summed E-state index contributed by atoms with van der Waals surface area (Å²) in [6.45, 7) is 4.03. The van der Waals surface area contributed by atoms with Crippen LogP contribution in [0.4, 0.5) is 5.13 Å². The van der Waals surface area contributed by atoms with Gasteiger partial charge in [-0.05, 0) is 18.1 Å². The first kappa shape index (κ1) is 12.8. The van der Waals surface area contributed by atoms with Gasteiger partial charge in [0.25, 0.3) is 0 Å². The van der Waals surface area contributed by atoms with Crippen molar-refractivity contribution >= 4 is 32.6 Å². The third-order valence-corrected chi connectivity index (χ3v) is 3.38. The van der Waals surface area contributed by atoms with Gasteiger partial charge >= 0.3 is 0 Å². The standard InChI is InChI=1S/C13H16N2O2S/c1-8(2)7-11(16)14-13-15-12-9(17-3)5-4-6-10(12)18-13/h4-6,8H,7H2,1-3H3,(H,14,15,16). The number of hydrogen-bond acceptors (Lipinski definition) is 4. The van der Waals surface area contributed by atoms with Crippen LogP contribution in [0.5, 0.6) is 5.75 Å². The molecular formula is C13H16N2O2S. The Hall–Kier alpha value is -1.62. The zero-order valence-electron chi connectivity index (χ0n) is 10.7. The summed E-state index contributed by atoms with van der Waals surface area (Å²) < 4.78 is 6.25. The zero-order chi connectivity index (χ0) is 13.1. The number of aromatic nitrogens is 1. The van der Waals surface area contributed by atoms with Crippen molar-refractivity contribution in [1.82, 2.24) is 4.98 Å². The van der Waals surface area contributed by atoms with Crippen LogP contribution >= 0.6 is 11.3 Å². The van der Waals surface area contributed by atoms with Crippen molar-refractivity contribution in [3.63, 3.8) is 0 Å². The molecule has 18 heavy (non-hydrogen) atoms. The molecule has 1 heterocycles. The molecule has 0 saturated carbocycles.